The van der Waals surface area contributed by atoms with E-state index in [1.807, 2.05) is 30.3 Å². The monoisotopic (exact) mass is 319 g/mol. The number of hydrogen-bond acceptors (Lipinski definition) is 3. The molecule has 3 rings (SSSR count). The molecule has 1 aliphatic carbocycles. The molecule has 0 atom stereocenters. The van der Waals surface area contributed by atoms with Crippen LogP contribution in [0.1, 0.15) is 34.3 Å². The highest BCUT2D eigenvalue weighted by atomic mass is 16.2. The predicted octanol–water partition coefficient (Wildman–Crippen LogP) is 2.84. The lowest BCUT2D eigenvalue weighted by Gasteiger charge is -2.08. The summed E-state index contributed by atoms with van der Waals surface area (Å²) in [5.41, 5.74) is 2.68. The van der Waals surface area contributed by atoms with Crippen molar-refractivity contribution in [2.45, 2.75) is 19.4 Å². The molecule has 24 heavy (non-hydrogen) atoms. The van der Waals surface area contributed by atoms with Gasteiger partial charge in [-0.15, -0.1) is 0 Å². The fourth-order valence-corrected chi connectivity index (χ4v) is 2.33. The third kappa shape index (κ3) is 3.99. The van der Waals surface area contributed by atoms with Crippen LogP contribution in [-0.2, 0) is 11.3 Å². The molecule has 1 saturated carbocycles. The number of nitrogens with zero attached hydrogens (tertiary/aromatic N) is 1. The number of amides is 2. The topological polar surface area (TPSA) is 82.0 Å². The highest BCUT2D eigenvalue weighted by Crippen LogP contribution is 2.30. The normalized spacial score (nSPS) is 13.0. The van der Waals surface area contributed by atoms with E-state index in [0.29, 0.717) is 17.7 Å². The average Bonchev–Trinajstić information content (AvgIpc) is 3.45. The minimum atomic E-state index is -0.202. The SMILES string of the molecule is N#Cc1ccc(C(=O)NCc2cccc(NC(=O)C3CC3)c2)cc1. The van der Waals surface area contributed by atoms with Crippen molar-refractivity contribution in [3.63, 3.8) is 0 Å². The van der Waals surface area contributed by atoms with Gasteiger partial charge in [-0.05, 0) is 54.8 Å². The molecule has 2 aromatic rings. The van der Waals surface area contributed by atoms with Crippen LogP contribution in [0.25, 0.3) is 0 Å². The number of rotatable bonds is 5. The minimum Gasteiger partial charge on any atom is -0.348 e. The van der Waals surface area contributed by atoms with Crippen LogP contribution in [0.15, 0.2) is 48.5 Å². The van der Waals surface area contributed by atoms with Gasteiger partial charge in [-0.2, -0.15) is 5.26 Å². The van der Waals surface area contributed by atoms with Gasteiger partial charge in [-0.25, -0.2) is 0 Å². The molecule has 2 amide bonds. The van der Waals surface area contributed by atoms with E-state index in [1.165, 1.54) is 0 Å². The van der Waals surface area contributed by atoms with Crippen LogP contribution >= 0.6 is 0 Å². The lowest BCUT2D eigenvalue weighted by molar-refractivity contribution is -0.117. The van der Waals surface area contributed by atoms with Gasteiger partial charge in [-0.3, -0.25) is 9.59 Å². The van der Waals surface area contributed by atoms with Crippen molar-refractivity contribution in [3.8, 4) is 6.07 Å². The second kappa shape index (κ2) is 6.97. The Hall–Kier alpha value is -3.13. The van der Waals surface area contributed by atoms with E-state index in [2.05, 4.69) is 10.6 Å². The van der Waals surface area contributed by atoms with E-state index < -0.39 is 0 Å². The lowest BCUT2D eigenvalue weighted by atomic mass is 10.1. The minimum absolute atomic E-state index is 0.0637. The molecular weight excluding hydrogens is 302 g/mol. The molecule has 0 aromatic heterocycles. The van der Waals surface area contributed by atoms with Crippen LogP contribution in [0.4, 0.5) is 5.69 Å². The Morgan fingerprint density at radius 2 is 1.88 bits per heavy atom. The van der Waals surface area contributed by atoms with Crippen molar-refractivity contribution < 1.29 is 9.59 Å². The number of benzene rings is 2. The molecule has 1 aliphatic rings. The van der Waals surface area contributed by atoms with Gasteiger partial charge in [0.1, 0.15) is 0 Å². The van der Waals surface area contributed by atoms with Crippen LogP contribution in [0.3, 0.4) is 0 Å². The highest BCUT2D eigenvalue weighted by Gasteiger charge is 2.29. The number of anilines is 1. The zero-order chi connectivity index (χ0) is 16.9. The third-order valence-electron chi connectivity index (χ3n) is 3.87. The number of nitriles is 1. The summed E-state index contributed by atoms with van der Waals surface area (Å²) in [5, 5.41) is 14.5. The molecule has 2 aromatic carbocycles. The summed E-state index contributed by atoms with van der Waals surface area (Å²) in [4.78, 5) is 23.9. The second-order valence-corrected chi connectivity index (χ2v) is 5.84. The molecule has 0 bridgehead atoms. The molecule has 1 fully saturated rings. The van der Waals surface area contributed by atoms with Crippen molar-refractivity contribution in [1.29, 1.82) is 5.26 Å². The summed E-state index contributed by atoms with van der Waals surface area (Å²) in [5.74, 6) is 0.0189. The Balaban J connectivity index is 1.58. The van der Waals surface area contributed by atoms with Crippen LogP contribution < -0.4 is 10.6 Å². The number of carbonyl (C=O) groups excluding carboxylic acids is 2. The molecule has 0 saturated heterocycles. The van der Waals surface area contributed by atoms with Crippen molar-refractivity contribution >= 4 is 17.5 Å². The fourth-order valence-electron chi connectivity index (χ4n) is 2.33. The first-order valence-corrected chi connectivity index (χ1v) is 7.84. The van der Waals surface area contributed by atoms with Crippen LogP contribution in [0.5, 0.6) is 0 Å². The summed E-state index contributed by atoms with van der Waals surface area (Å²) < 4.78 is 0. The fraction of sp³-hybridized carbons (Fsp3) is 0.211. The van der Waals surface area contributed by atoms with Crippen molar-refractivity contribution in [2.75, 3.05) is 5.32 Å². The Bertz CT molecular complexity index is 802. The lowest BCUT2D eigenvalue weighted by Crippen LogP contribution is -2.22. The predicted molar refractivity (Wildman–Crippen MR) is 90.1 cm³/mol. The van der Waals surface area contributed by atoms with Crippen molar-refractivity contribution in [2.24, 2.45) is 5.92 Å². The maximum absolute atomic E-state index is 12.1. The van der Waals surface area contributed by atoms with Gasteiger partial charge >= 0.3 is 0 Å². The highest BCUT2D eigenvalue weighted by molar-refractivity contribution is 5.95. The number of nitrogens with one attached hydrogen (secondary N) is 2. The van der Waals surface area contributed by atoms with E-state index in [9.17, 15) is 9.59 Å². The van der Waals surface area contributed by atoms with E-state index in [4.69, 9.17) is 5.26 Å². The van der Waals surface area contributed by atoms with Crippen LogP contribution in [0, 0.1) is 17.2 Å². The zero-order valence-corrected chi connectivity index (χ0v) is 13.1. The number of carbonyl (C=O) groups is 2. The van der Waals surface area contributed by atoms with Gasteiger partial charge in [0, 0.05) is 23.7 Å². The largest absolute Gasteiger partial charge is 0.348 e. The average molecular weight is 319 g/mol. The van der Waals surface area contributed by atoms with E-state index in [0.717, 1.165) is 24.1 Å². The maximum Gasteiger partial charge on any atom is 0.251 e. The Labute approximate surface area is 140 Å². The summed E-state index contributed by atoms with van der Waals surface area (Å²) in [6.45, 7) is 0.367. The van der Waals surface area contributed by atoms with Gasteiger partial charge in [0.2, 0.25) is 5.91 Å². The summed E-state index contributed by atoms with van der Waals surface area (Å²) >= 11 is 0. The Kier molecular flexibility index (Phi) is 4.57. The summed E-state index contributed by atoms with van der Waals surface area (Å²) in [6, 6.07) is 15.9. The second-order valence-electron chi connectivity index (χ2n) is 5.84. The van der Waals surface area contributed by atoms with Crippen LogP contribution in [-0.4, -0.2) is 11.8 Å². The van der Waals surface area contributed by atoms with E-state index in [-0.39, 0.29) is 17.7 Å². The van der Waals surface area contributed by atoms with E-state index in [1.54, 1.807) is 24.3 Å². The Morgan fingerprint density at radius 3 is 2.54 bits per heavy atom. The first kappa shape index (κ1) is 15.8. The van der Waals surface area contributed by atoms with E-state index >= 15 is 0 Å². The molecule has 5 heteroatoms. The first-order valence-electron chi connectivity index (χ1n) is 7.84. The number of hydrogen-bond donors (Lipinski definition) is 2. The Morgan fingerprint density at radius 1 is 1.12 bits per heavy atom. The molecule has 0 heterocycles. The van der Waals surface area contributed by atoms with Gasteiger partial charge in [0.05, 0.1) is 11.6 Å². The van der Waals surface area contributed by atoms with Crippen molar-refractivity contribution in [1.82, 2.24) is 5.32 Å². The molecular formula is C19H17N3O2. The molecule has 0 spiro atoms. The van der Waals surface area contributed by atoms with Gasteiger partial charge in [0.15, 0.2) is 0 Å². The van der Waals surface area contributed by atoms with Gasteiger partial charge in [-0.1, -0.05) is 12.1 Å². The van der Waals surface area contributed by atoms with Gasteiger partial charge in [0.25, 0.3) is 5.91 Å². The first-order chi connectivity index (χ1) is 11.7. The maximum atomic E-state index is 12.1. The standard InChI is InChI=1S/C19H17N3O2/c20-11-13-4-6-15(7-5-13)18(23)21-12-14-2-1-3-17(10-14)22-19(24)16-8-9-16/h1-7,10,16H,8-9,12H2,(H,21,23)(H,22,24). The smallest absolute Gasteiger partial charge is 0.251 e. The zero-order valence-electron chi connectivity index (χ0n) is 13.1. The molecule has 0 aliphatic heterocycles. The molecule has 0 unspecified atom stereocenters. The molecule has 5 nitrogen and oxygen atoms in total. The molecule has 2 N–H and O–H groups in total. The summed E-state index contributed by atoms with van der Waals surface area (Å²) in [7, 11) is 0. The molecule has 0 radical (unpaired) electrons. The quantitative estimate of drug-likeness (QED) is 0.889. The van der Waals surface area contributed by atoms with Gasteiger partial charge < -0.3 is 10.6 Å². The summed E-state index contributed by atoms with van der Waals surface area (Å²) in [6.07, 6.45) is 1.93. The molecule has 120 valence electrons. The van der Waals surface area contributed by atoms with Crippen LogP contribution in [0.2, 0.25) is 0 Å². The van der Waals surface area contributed by atoms with Crippen molar-refractivity contribution in [3.05, 3.63) is 65.2 Å². The third-order valence-corrected chi connectivity index (χ3v) is 3.87.